The Balaban J connectivity index is 1.65. The van der Waals surface area contributed by atoms with Crippen molar-refractivity contribution < 1.29 is 9.13 Å². The summed E-state index contributed by atoms with van der Waals surface area (Å²) in [5.74, 6) is 1.38. The Morgan fingerprint density at radius 2 is 1.88 bits per heavy atom. The molecule has 2 aromatic heterocycles. The number of rotatable bonds is 4. The number of hydrogen-bond acceptors (Lipinski definition) is 3. The van der Waals surface area contributed by atoms with Gasteiger partial charge in [0.25, 0.3) is 0 Å². The summed E-state index contributed by atoms with van der Waals surface area (Å²) in [5, 5.41) is 0. The van der Waals surface area contributed by atoms with Crippen LogP contribution in [0.15, 0.2) is 60.8 Å². The lowest BCUT2D eigenvalue weighted by atomic mass is 10.1. The summed E-state index contributed by atoms with van der Waals surface area (Å²) >= 11 is 0. The van der Waals surface area contributed by atoms with Gasteiger partial charge in [-0.05, 0) is 29.8 Å². The molecule has 25 heavy (non-hydrogen) atoms. The zero-order valence-corrected chi connectivity index (χ0v) is 13.7. The predicted molar refractivity (Wildman–Crippen MR) is 95.1 cm³/mol. The number of nitrogens with zero attached hydrogens (tertiary/aromatic N) is 2. The van der Waals surface area contributed by atoms with E-state index >= 15 is 0 Å². The molecule has 0 amide bonds. The third kappa shape index (κ3) is 3.08. The second-order valence-corrected chi connectivity index (χ2v) is 5.78. The maximum Gasteiger partial charge on any atom is 0.177 e. The second kappa shape index (κ2) is 6.36. The molecule has 0 saturated carbocycles. The van der Waals surface area contributed by atoms with E-state index in [-0.39, 0.29) is 5.82 Å². The highest BCUT2D eigenvalue weighted by Crippen LogP contribution is 2.24. The Labute approximate surface area is 144 Å². The number of hydrogen-bond donors (Lipinski definition) is 1. The first-order valence-corrected chi connectivity index (χ1v) is 7.95. The molecule has 0 atom stereocenters. The first kappa shape index (κ1) is 15.3. The molecule has 0 saturated heterocycles. The van der Waals surface area contributed by atoms with Gasteiger partial charge >= 0.3 is 0 Å². The molecule has 4 aromatic rings. The van der Waals surface area contributed by atoms with Gasteiger partial charge in [0.05, 0.1) is 12.6 Å². The minimum atomic E-state index is -0.262. The standard InChI is InChI=1S/C20H16FN3O/c1-25-15-8-6-13(7-9-15)10-19-23-18-11-14(12-22-20(18)24-19)16-4-2-3-5-17(16)21/h2-9,11-12H,10H2,1H3,(H,22,23,24). The van der Waals surface area contributed by atoms with Crippen LogP contribution in [0.1, 0.15) is 11.4 Å². The van der Waals surface area contributed by atoms with Gasteiger partial charge in [-0.3, -0.25) is 0 Å². The van der Waals surface area contributed by atoms with Gasteiger partial charge in [0.15, 0.2) is 5.65 Å². The molecule has 124 valence electrons. The van der Waals surface area contributed by atoms with Crippen LogP contribution < -0.4 is 4.74 Å². The van der Waals surface area contributed by atoms with E-state index in [9.17, 15) is 4.39 Å². The van der Waals surface area contributed by atoms with Gasteiger partial charge in [0.2, 0.25) is 0 Å². The van der Waals surface area contributed by atoms with E-state index in [1.165, 1.54) is 6.07 Å². The molecule has 1 N–H and O–H groups in total. The molecular formula is C20H16FN3O. The molecule has 0 unspecified atom stereocenters. The SMILES string of the molecule is COc1ccc(Cc2nc3ncc(-c4ccccc4F)cc3[nH]2)cc1. The molecule has 0 bridgehead atoms. The van der Waals surface area contributed by atoms with Crippen molar-refractivity contribution in [1.29, 1.82) is 0 Å². The summed E-state index contributed by atoms with van der Waals surface area (Å²) in [5.41, 5.74) is 3.80. The van der Waals surface area contributed by atoms with Gasteiger partial charge in [-0.2, -0.15) is 0 Å². The number of fused-ring (bicyclic) bond motifs is 1. The van der Waals surface area contributed by atoms with Crippen LogP contribution in [0.3, 0.4) is 0 Å². The third-order valence-corrected chi connectivity index (χ3v) is 4.10. The van der Waals surface area contributed by atoms with Gasteiger partial charge in [0.1, 0.15) is 17.4 Å². The molecule has 0 spiro atoms. The quantitative estimate of drug-likeness (QED) is 0.603. The van der Waals surface area contributed by atoms with Crippen molar-refractivity contribution in [3.63, 3.8) is 0 Å². The Bertz CT molecular complexity index is 1020. The lowest BCUT2D eigenvalue weighted by Crippen LogP contribution is -1.91. The normalized spacial score (nSPS) is 11.0. The fourth-order valence-electron chi connectivity index (χ4n) is 2.81. The molecule has 0 fully saturated rings. The molecule has 2 heterocycles. The second-order valence-electron chi connectivity index (χ2n) is 5.78. The van der Waals surface area contributed by atoms with Crippen molar-refractivity contribution in [2.45, 2.75) is 6.42 Å². The zero-order chi connectivity index (χ0) is 17.2. The number of imidazole rings is 1. The Morgan fingerprint density at radius 1 is 1.08 bits per heavy atom. The van der Waals surface area contributed by atoms with Crippen LogP contribution in [0.4, 0.5) is 4.39 Å². The van der Waals surface area contributed by atoms with E-state index < -0.39 is 0 Å². The molecule has 2 aromatic carbocycles. The van der Waals surface area contributed by atoms with Gasteiger partial charge in [-0.25, -0.2) is 14.4 Å². The summed E-state index contributed by atoms with van der Waals surface area (Å²) in [6, 6.07) is 16.4. The van der Waals surface area contributed by atoms with Crippen molar-refractivity contribution >= 4 is 11.2 Å². The average Bonchev–Trinajstić information content (AvgIpc) is 3.04. The highest BCUT2D eigenvalue weighted by molar-refractivity contribution is 5.78. The van der Waals surface area contributed by atoms with Crippen LogP contribution in [0.2, 0.25) is 0 Å². The molecule has 0 aliphatic carbocycles. The molecule has 0 aliphatic heterocycles. The van der Waals surface area contributed by atoms with Crippen LogP contribution in [-0.4, -0.2) is 22.1 Å². The highest BCUT2D eigenvalue weighted by Gasteiger charge is 2.09. The minimum Gasteiger partial charge on any atom is -0.497 e. The largest absolute Gasteiger partial charge is 0.497 e. The van der Waals surface area contributed by atoms with Gasteiger partial charge in [-0.15, -0.1) is 0 Å². The van der Waals surface area contributed by atoms with Crippen molar-refractivity contribution in [1.82, 2.24) is 15.0 Å². The highest BCUT2D eigenvalue weighted by atomic mass is 19.1. The number of methoxy groups -OCH3 is 1. The summed E-state index contributed by atoms with van der Waals surface area (Å²) in [7, 11) is 1.65. The summed E-state index contributed by atoms with van der Waals surface area (Å²) in [6.45, 7) is 0. The lowest BCUT2D eigenvalue weighted by Gasteiger charge is -2.02. The number of halogens is 1. The fourth-order valence-corrected chi connectivity index (χ4v) is 2.81. The number of pyridine rings is 1. The van der Waals surface area contributed by atoms with Crippen molar-refractivity contribution in [2.75, 3.05) is 7.11 Å². The molecule has 4 rings (SSSR count). The number of nitrogens with one attached hydrogen (secondary N) is 1. The van der Waals surface area contributed by atoms with E-state index in [2.05, 4.69) is 15.0 Å². The summed E-state index contributed by atoms with van der Waals surface area (Å²) in [4.78, 5) is 12.2. The number of benzene rings is 2. The monoisotopic (exact) mass is 333 g/mol. The van der Waals surface area contributed by atoms with Crippen LogP contribution in [0, 0.1) is 5.82 Å². The summed E-state index contributed by atoms with van der Waals surface area (Å²) in [6.07, 6.45) is 2.31. The topological polar surface area (TPSA) is 50.8 Å². The van der Waals surface area contributed by atoms with E-state index in [4.69, 9.17) is 4.74 Å². The maximum absolute atomic E-state index is 14.0. The van der Waals surface area contributed by atoms with Gasteiger partial charge in [0, 0.05) is 23.7 Å². The smallest absolute Gasteiger partial charge is 0.177 e. The number of ether oxygens (including phenoxy) is 1. The fraction of sp³-hybridized carbons (Fsp3) is 0.100. The van der Waals surface area contributed by atoms with E-state index in [0.29, 0.717) is 17.6 Å². The molecule has 0 aliphatic rings. The van der Waals surface area contributed by atoms with Crippen molar-refractivity contribution in [3.05, 3.63) is 78.0 Å². The first-order valence-electron chi connectivity index (χ1n) is 7.95. The zero-order valence-electron chi connectivity index (χ0n) is 13.7. The lowest BCUT2D eigenvalue weighted by molar-refractivity contribution is 0.414. The minimum absolute atomic E-state index is 0.262. The number of aromatic amines is 1. The van der Waals surface area contributed by atoms with E-state index in [1.54, 1.807) is 25.4 Å². The first-order chi connectivity index (χ1) is 12.2. The van der Waals surface area contributed by atoms with Crippen LogP contribution in [0.5, 0.6) is 5.75 Å². The molecule has 0 radical (unpaired) electrons. The molecular weight excluding hydrogens is 317 g/mol. The molecule has 5 heteroatoms. The van der Waals surface area contributed by atoms with Gasteiger partial charge < -0.3 is 9.72 Å². The van der Waals surface area contributed by atoms with Crippen LogP contribution in [0.25, 0.3) is 22.3 Å². The number of H-pyrrole nitrogens is 1. The maximum atomic E-state index is 14.0. The molecule has 4 nitrogen and oxygen atoms in total. The number of aromatic nitrogens is 3. The average molecular weight is 333 g/mol. The Kier molecular flexibility index (Phi) is 3.90. The third-order valence-electron chi connectivity index (χ3n) is 4.10. The predicted octanol–water partition coefficient (Wildman–Crippen LogP) is 4.36. The Morgan fingerprint density at radius 3 is 2.64 bits per heavy atom. The van der Waals surface area contributed by atoms with E-state index in [1.807, 2.05) is 36.4 Å². The van der Waals surface area contributed by atoms with Crippen molar-refractivity contribution in [3.8, 4) is 16.9 Å². The van der Waals surface area contributed by atoms with E-state index in [0.717, 1.165) is 28.2 Å². The van der Waals surface area contributed by atoms with Crippen LogP contribution >= 0.6 is 0 Å². The van der Waals surface area contributed by atoms with Crippen molar-refractivity contribution in [2.24, 2.45) is 0 Å². The Hall–Kier alpha value is -3.21. The summed E-state index contributed by atoms with van der Waals surface area (Å²) < 4.78 is 19.1. The van der Waals surface area contributed by atoms with Gasteiger partial charge in [-0.1, -0.05) is 30.3 Å². The van der Waals surface area contributed by atoms with Crippen LogP contribution in [-0.2, 0) is 6.42 Å².